The van der Waals surface area contributed by atoms with Crippen molar-refractivity contribution >= 4 is 5.91 Å². The molecule has 5 heteroatoms. The number of carbonyl (C=O) groups excluding carboxylic acids is 1. The Hall–Kier alpha value is -3.05. The van der Waals surface area contributed by atoms with Crippen LogP contribution in [0.4, 0.5) is 0 Å². The van der Waals surface area contributed by atoms with Crippen LogP contribution in [0.3, 0.4) is 0 Å². The Morgan fingerprint density at radius 1 is 1.00 bits per heavy atom. The average molecular weight is 474 g/mol. The zero-order chi connectivity index (χ0) is 24.8. The summed E-state index contributed by atoms with van der Waals surface area (Å²) < 4.78 is 8.51. The minimum atomic E-state index is -0.157. The lowest BCUT2D eigenvalue weighted by Crippen LogP contribution is -2.45. The van der Waals surface area contributed by atoms with Crippen molar-refractivity contribution in [3.63, 3.8) is 0 Å². The molecule has 0 atom stereocenters. The van der Waals surface area contributed by atoms with Gasteiger partial charge >= 0.3 is 0 Å². The zero-order valence-corrected chi connectivity index (χ0v) is 21.7. The minimum Gasteiger partial charge on any atom is -0.493 e. The van der Waals surface area contributed by atoms with E-state index in [0.717, 1.165) is 43.8 Å². The van der Waals surface area contributed by atoms with Crippen LogP contribution in [0.25, 0.3) is 0 Å². The smallest absolute Gasteiger partial charge is 0.223 e. The molecular weight excluding hydrogens is 434 g/mol. The van der Waals surface area contributed by atoms with Crippen LogP contribution in [0.1, 0.15) is 41.8 Å². The molecule has 1 aliphatic rings. The van der Waals surface area contributed by atoms with Gasteiger partial charge in [-0.15, -0.1) is 0 Å². The van der Waals surface area contributed by atoms with Gasteiger partial charge in [0.05, 0.1) is 6.61 Å². The molecular formula is C30H39N3O2. The van der Waals surface area contributed by atoms with E-state index in [1.165, 1.54) is 17.0 Å². The predicted octanol–water partition coefficient (Wildman–Crippen LogP) is 5.35. The zero-order valence-electron chi connectivity index (χ0n) is 21.7. The molecule has 1 aromatic heterocycles. The number of amides is 1. The van der Waals surface area contributed by atoms with E-state index in [1.807, 2.05) is 60.5 Å². The van der Waals surface area contributed by atoms with Crippen LogP contribution < -0.4 is 4.74 Å². The molecule has 3 aromatic rings. The maximum atomic E-state index is 13.3. The maximum absolute atomic E-state index is 13.3. The number of rotatable bonds is 9. The van der Waals surface area contributed by atoms with Crippen LogP contribution in [-0.4, -0.2) is 47.0 Å². The van der Waals surface area contributed by atoms with Crippen molar-refractivity contribution in [1.29, 1.82) is 0 Å². The van der Waals surface area contributed by atoms with Gasteiger partial charge in [-0.3, -0.25) is 9.69 Å². The number of aryl methyl sites for hydroxylation is 1. The lowest BCUT2D eigenvalue weighted by atomic mass is 9.75. The summed E-state index contributed by atoms with van der Waals surface area (Å²) in [6, 6.07) is 22.5. The molecule has 1 saturated heterocycles. The third kappa shape index (κ3) is 6.34. The predicted molar refractivity (Wildman–Crippen MR) is 141 cm³/mol. The Kier molecular flexibility index (Phi) is 7.97. The second kappa shape index (κ2) is 11.1. The second-order valence-electron chi connectivity index (χ2n) is 10.2. The van der Waals surface area contributed by atoms with Gasteiger partial charge in [0, 0.05) is 50.4 Å². The van der Waals surface area contributed by atoms with Gasteiger partial charge in [-0.25, -0.2) is 0 Å². The number of para-hydroxylation sites is 1. The Morgan fingerprint density at radius 3 is 2.23 bits per heavy atom. The fourth-order valence-electron chi connectivity index (χ4n) is 5.05. The van der Waals surface area contributed by atoms with E-state index in [2.05, 4.69) is 48.6 Å². The summed E-state index contributed by atoms with van der Waals surface area (Å²) in [4.78, 5) is 17.7. The normalized spacial score (nSPS) is 15.7. The lowest BCUT2D eigenvalue weighted by molar-refractivity contribution is -0.134. The van der Waals surface area contributed by atoms with Crippen molar-refractivity contribution in [2.45, 2.75) is 46.2 Å². The first-order valence-electron chi connectivity index (χ1n) is 12.7. The average Bonchev–Trinajstić information content (AvgIpc) is 3.11. The summed E-state index contributed by atoms with van der Waals surface area (Å²) in [5.74, 6) is 1.06. The number of piperidine rings is 1. The standard InChI is InChI=1S/C30H39N3O2/c1-24-19-27(25(2)32(24)4)22-33-17-15-30(16-18-33,23-35-28-13-9-6-10-14-28)20-29(34)31(3)21-26-11-7-5-8-12-26/h5-14,19H,15-18,20-23H2,1-4H3. The summed E-state index contributed by atoms with van der Waals surface area (Å²) >= 11 is 0. The van der Waals surface area contributed by atoms with Crippen LogP contribution in [0.2, 0.25) is 0 Å². The van der Waals surface area contributed by atoms with E-state index in [4.69, 9.17) is 4.74 Å². The molecule has 5 nitrogen and oxygen atoms in total. The Bertz CT molecular complexity index is 1100. The molecule has 0 saturated carbocycles. The highest BCUT2D eigenvalue weighted by molar-refractivity contribution is 5.76. The van der Waals surface area contributed by atoms with Gasteiger partial charge in [-0.05, 0) is 69.1 Å². The monoisotopic (exact) mass is 473 g/mol. The Morgan fingerprint density at radius 2 is 1.63 bits per heavy atom. The number of hydrogen-bond acceptors (Lipinski definition) is 3. The highest BCUT2D eigenvalue weighted by Gasteiger charge is 2.38. The van der Waals surface area contributed by atoms with Gasteiger partial charge in [0.1, 0.15) is 5.75 Å². The van der Waals surface area contributed by atoms with E-state index in [-0.39, 0.29) is 11.3 Å². The summed E-state index contributed by atoms with van der Waals surface area (Å²) in [5.41, 5.74) is 5.03. The molecule has 0 unspecified atom stereocenters. The van der Waals surface area contributed by atoms with Crippen molar-refractivity contribution in [1.82, 2.24) is 14.4 Å². The summed E-state index contributed by atoms with van der Waals surface area (Å²) in [6.45, 7) is 8.47. The van der Waals surface area contributed by atoms with E-state index in [1.54, 1.807) is 0 Å². The highest BCUT2D eigenvalue weighted by Crippen LogP contribution is 2.37. The number of hydrogen-bond donors (Lipinski definition) is 0. The molecule has 1 aliphatic heterocycles. The summed E-state index contributed by atoms with van der Waals surface area (Å²) in [5, 5.41) is 0. The molecule has 4 rings (SSSR count). The second-order valence-corrected chi connectivity index (χ2v) is 10.2. The van der Waals surface area contributed by atoms with E-state index >= 15 is 0 Å². The third-order valence-corrected chi connectivity index (χ3v) is 7.69. The first-order chi connectivity index (χ1) is 16.8. The largest absolute Gasteiger partial charge is 0.493 e. The quantitative estimate of drug-likeness (QED) is 0.420. The molecule has 0 spiro atoms. The summed E-state index contributed by atoms with van der Waals surface area (Å²) in [7, 11) is 4.05. The van der Waals surface area contributed by atoms with Crippen LogP contribution in [0.5, 0.6) is 5.75 Å². The molecule has 0 radical (unpaired) electrons. The maximum Gasteiger partial charge on any atom is 0.223 e. The number of carbonyl (C=O) groups is 1. The fourth-order valence-corrected chi connectivity index (χ4v) is 5.05. The SMILES string of the molecule is Cc1cc(CN2CCC(COc3ccccc3)(CC(=O)N(C)Cc3ccccc3)CC2)c(C)n1C. The first-order valence-corrected chi connectivity index (χ1v) is 12.7. The van der Waals surface area contributed by atoms with Crippen LogP contribution in [0, 0.1) is 19.3 Å². The fraction of sp³-hybridized carbons (Fsp3) is 0.433. The van der Waals surface area contributed by atoms with Crippen molar-refractivity contribution in [3.8, 4) is 5.75 Å². The number of ether oxygens (including phenoxy) is 1. The Labute approximate surface area is 210 Å². The summed E-state index contributed by atoms with van der Waals surface area (Å²) in [6.07, 6.45) is 2.42. The number of likely N-dealkylation sites (tertiary alicyclic amines) is 1. The van der Waals surface area contributed by atoms with Gasteiger partial charge in [-0.1, -0.05) is 48.5 Å². The van der Waals surface area contributed by atoms with Gasteiger partial charge < -0.3 is 14.2 Å². The topological polar surface area (TPSA) is 37.7 Å². The molecule has 35 heavy (non-hydrogen) atoms. The van der Waals surface area contributed by atoms with E-state index in [0.29, 0.717) is 19.6 Å². The molecule has 0 bridgehead atoms. The molecule has 186 valence electrons. The highest BCUT2D eigenvalue weighted by atomic mass is 16.5. The number of benzene rings is 2. The van der Waals surface area contributed by atoms with Gasteiger partial charge in [0.25, 0.3) is 0 Å². The molecule has 1 amide bonds. The van der Waals surface area contributed by atoms with Gasteiger partial charge in [-0.2, -0.15) is 0 Å². The Balaban J connectivity index is 1.42. The number of aromatic nitrogens is 1. The molecule has 0 aliphatic carbocycles. The van der Waals surface area contributed by atoms with Crippen molar-refractivity contribution in [2.24, 2.45) is 12.5 Å². The lowest BCUT2D eigenvalue weighted by Gasteiger charge is -2.42. The van der Waals surface area contributed by atoms with Crippen molar-refractivity contribution in [3.05, 3.63) is 89.2 Å². The molecule has 2 heterocycles. The van der Waals surface area contributed by atoms with Crippen molar-refractivity contribution < 1.29 is 9.53 Å². The number of nitrogens with zero attached hydrogens (tertiary/aromatic N) is 3. The molecule has 2 aromatic carbocycles. The van der Waals surface area contributed by atoms with Crippen LogP contribution >= 0.6 is 0 Å². The van der Waals surface area contributed by atoms with E-state index < -0.39 is 0 Å². The molecule has 1 fully saturated rings. The van der Waals surface area contributed by atoms with E-state index in [9.17, 15) is 4.79 Å². The third-order valence-electron chi connectivity index (χ3n) is 7.69. The first kappa shape index (κ1) is 25.1. The van der Waals surface area contributed by atoms with Crippen LogP contribution in [0.15, 0.2) is 66.7 Å². The van der Waals surface area contributed by atoms with Crippen LogP contribution in [-0.2, 0) is 24.9 Å². The molecule has 0 N–H and O–H groups in total. The van der Waals surface area contributed by atoms with Gasteiger partial charge in [0.15, 0.2) is 0 Å². The van der Waals surface area contributed by atoms with Crippen molar-refractivity contribution in [2.75, 3.05) is 26.7 Å². The minimum absolute atomic E-state index is 0.157. The van der Waals surface area contributed by atoms with Gasteiger partial charge in [0.2, 0.25) is 5.91 Å².